The van der Waals surface area contributed by atoms with Crippen molar-refractivity contribution >= 4 is 17.4 Å². The molecule has 9 heteroatoms. The van der Waals surface area contributed by atoms with E-state index in [4.69, 9.17) is 4.98 Å². The van der Waals surface area contributed by atoms with Crippen LogP contribution in [0.1, 0.15) is 38.4 Å². The topological polar surface area (TPSA) is 103 Å². The average molecular weight is 521 g/mol. The van der Waals surface area contributed by atoms with Gasteiger partial charge in [-0.1, -0.05) is 12.1 Å². The zero-order valence-corrected chi connectivity index (χ0v) is 22.5. The van der Waals surface area contributed by atoms with Crippen LogP contribution in [0, 0.1) is 36.5 Å². The van der Waals surface area contributed by atoms with Gasteiger partial charge in [-0.15, -0.1) is 0 Å². The van der Waals surface area contributed by atoms with Crippen LogP contribution in [-0.2, 0) is 6.54 Å². The molecule has 198 valence electrons. The number of hydrogen-bond donors (Lipinski definition) is 0. The smallest absolute Gasteiger partial charge is 0.255 e. The van der Waals surface area contributed by atoms with E-state index in [1.807, 2.05) is 49.1 Å². The van der Waals surface area contributed by atoms with Crippen LogP contribution in [0.5, 0.6) is 0 Å². The van der Waals surface area contributed by atoms with Gasteiger partial charge in [0, 0.05) is 70.8 Å². The monoisotopic (exact) mass is 520 g/mol. The number of nitriles is 2. The summed E-state index contributed by atoms with van der Waals surface area (Å²) in [5, 5.41) is 18.9. The number of hydrogen-bond acceptors (Lipinski definition) is 8. The second-order valence-corrected chi connectivity index (χ2v) is 10.0. The summed E-state index contributed by atoms with van der Waals surface area (Å²) in [6, 6.07) is 17.8. The fourth-order valence-corrected chi connectivity index (χ4v) is 5.40. The van der Waals surface area contributed by atoms with Crippen molar-refractivity contribution in [3.8, 4) is 12.1 Å². The molecule has 1 aromatic carbocycles. The van der Waals surface area contributed by atoms with Crippen molar-refractivity contribution in [2.24, 2.45) is 0 Å². The highest BCUT2D eigenvalue weighted by Gasteiger charge is 2.27. The van der Waals surface area contributed by atoms with Crippen molar-refractivity contribution in [1.29, 1.82) is 10.5 Å². The number of benzene rings is 1. The molecule has 0 atom stereocenters. The molecule has 0 N–H and O–H groups in total. The molecule has 39 heavy (non-hydrogen) atoms. The molecule has 0 bridgehead atoms. The molecular weight excluding hydrogens is 488 g/mol. The van der Waals surface area contributed by atoms with Gasteiger partial charge in [-0.05, 0) is 49.7 Å². The van der Waals surface area contributed by atoms with Crippen LogP contribution in [0.3, 0.4) is 0 Å². The molecule has 2 fully saturated rings. The van der Waals surface area contributed by atoms with E-state index < -0.39 is 0 Å². The zero-order chi connectivity index (χ0) is 27.4. The molecule has 0 spiro atoms. The first-order valence-electron chi connectivity index (χ1n) is 13.3. The second-order valence-electron chi connectivity index (χ2n) is 10.0. The third-order valence-corrected chi connectivity index (χ3v) is 7.64. The number of aryl methyl sites for hydroxylation is 2. The number of piperazine rings is 2. The van der Waals surface area contributed by atoms with Gasteiger partial charge in [0.1, 0.15) is 18.0 Å². The highest BCUT2D eigenvalue weighted by Crippen LogP contribution is 2.24. The standard InChI is InChI=1S/C30H32N8O/c1-22-26(21-35-10-12-36(13-11-35)28-8-4-3-6-24(28)19-31)18-27(23(2)34-22)30(39)38-16-14-37(15-17-38)29-25(20-32)7-5-9-33-29/h3-9,18H,10-17,21H2,1-2H3. The number of anilines is 2. The van der Waals surface area contributed by atoms with Gasteiger partial charge in [0.15, 0.2) is 0 Å². The zero-order valence-electron chi connectivity index (χ0n) is 22.5. The Labute approximate surface area is 229 Å². The van der Waals surface area contributed by atoms with E-state index in [0.29, 0.717) is 48.7 Å². The number of para-hydroxylation sites is 1. The number of pyridine rings is 2. The van der Waals surface area contributed by atoms with Crippen LogP contribution in [0.2, 0.25) is 0 Å². The molecule has 2 aliphatic rings. The first kappa shape index (κ1) is 26.1. The van der Waals surface area contributed by atoms with E-state index in [2.05, 4.69) is 31.8 Å². The Bertz CT molecular complexity index is 1440. The van der Waals surface area contributed by atoms with Gasteiger partial charge in [-0.3, -0.25) is 14.7 Å². The highest BCUT2D eigenvalue weighted by molar-refractivity contribution is 5.95. The fourth-order valence-electron chi connectivity index (χ4n) is 5.40. The van der Waals surface area contributed by atoms with E-state index in [1.165, 1.54) is 0 Å². The third-order valence-electron chi connectivity index (χ3n) is 7.64. The van der Waals surface area contributed by atoms with Crippen molar-refractivity contribution in [1.82, 2.24) is 19.8 Å². The molecular formula is C30H32N8O. The Morgan fingerprint density at radius 2 is 1.51 bits per heavy atom. The van der Waals surface area contributed by atoms with Crippen LogP contribution < -0.4 is 9.80 Å². The third kappa shape index (κ3) is 5.55. The van der Waals surface area contributed by atoms with Gasteiger partial charge in [-0.2, -0.15) is 10.5 Å². The molecule has 0 saturated carbocycles. The Balaban J connectivity index is 1.23. The number of aromatic nitrogens is 2. The van der Waals surface area contributed by atoms with E-state index in [0.717, 1.165) is 55.4 Å². The number of nitrogens with zero attached hydrogens (tertiary/aromatic N) is 8. The van der Waals surface area contributed by atoms with Gasteiger partial charge in [0.25, 0.3) is 5.91 Å². The minimum atomic E-state index is 0.000331. The summed E-state index contributed by atoms with van der Waals surface area (Å²) in [4.78, 5) is 31.3. The normalized spacial score (nSPS) is 16.1. The maximum absolute atomic E-state index is 13.6. The molecule has 2 aromatic heterocycles. The van der Waals surface area contributed by atoms with Crippen molar-refractivity contribution < 1.29 is 4.79 Å². The number of rotatable bonds is 5. The average Bonchev–Trinajstić information content (AvgIpc) is 2.98. The van der Waals surface area contributed by atoms with E-state index in [-0.39, 0.29) is 5.91 Å². The molecule has 2 saturated heterocycles. The number of carbonyl (C=O) groups excluding carboxylic acids is 1. The van der Waals surface area contributed by atoms with Crippen molar-refractivity contribution in [2.75, 3.05) is 62.2 Å². The minimum absolute atomic E-state index is 0.000331. The summed E-state index contributed by atoms with van der Waals surface area (Å²) >= 11 is 0. The molecule has 0 radical (unpaired) electrons. The Kier molecular flexibility index (Phi) is 7.72. The lowest BCUT2D eigenvalue weighted by molar-refractivity contribution is 0.0745. The van der Waals surface area contributed by atoms with Crippen LogP contribution in [0.25, 0.3) is 0 Å². The van der Waals surface area contributed by atoms with E-state index >= 15 is 0 Å². The van der Waals surface area contributed by atoms with Crippen molar-refractivity contribution in [3.05, 3.63) is 82.3 Å². The van der Waals surface area contributed by atoms with Gasteiger partial charge in [0.05, 0.1) is 28.1 Å². The summed E-state index contributed by atoms with van der Waals surface area (Å²) < 4.78 is 0. The minimum Gasteiger partial charge on any atom is -0.368 e. The van der Waals surface area contributed by atoms with Crippen molar-refractivity contribution in [2.45, 2.75) is 20.4 Å². The van der Waals surface area contributed by atoms with Crippen LogP contribution in [-0.4, -0.2) is 78.0 Å². The van der Waals surface area contributed by atoms with Gasteiger partial charge in [-0.25, -0.2) is 4.98 Å². The Morgan fingerprint density at radius 1 is 0.846 bits per heavy atom. The van der Waals surface area contributed by atoms with E-state index in [9.17, 15) is 15.3 Å². The second kappa shape index (κ2) is 11.5. The lowest BCUT2D eigenvalue weighted by atomic mass is 10.1. The lowest BCUT2D eigenvalue weighted by Gasteiger charge is -2.37. The molecule has 5 rings (SSSR count). The fraction of sp³-hybridized carbons (Fsp3) is 0.367. The summed E-state index contributed by atoms with van der Waals surface area (Å²) in [5.74, 6) is 0.680. The number of amides is 1. The summed E-state index contributed by atoms with van der Waals surface area (Å²) in [5.41, 5.74) is 5.67. The van der Waals surface area contributed by atoms with Gasteiger partial charge < -0.3 is 14.7 Å². The van der Waals surface area contributed by atoms with Crippen molar-refractivity contribution in [3.63, 3.8) is 0 Å². The predicted molar refractivity (Wildman–Crippen MR) is 149 cm³/mol. The Hall–Kier alpha value is -4.47. The lowest BCUT2D eigenvalue weighted by Crippen LogP contribution is -2.49. The highest BCUT2D eigenvalue weighted by atomic mass is 16.2. The molecule has 9 nitrogen and oxygen atoms in total. The summed E-state index contributed by atoms with van der Waals surface area (Å²) in [6.07, 6.45) is 1.70. The predicted octanol–water partition coefficient (Wildman–Crippen LogP) is 3.12. The SMILES string of the molecule is Cc1nc(C)c(C(=O)N2CCN(c3ncccc3C#N)CC2)cc1CN1CCN(c2ccccc2C#N)CC1. The Morgan fingerprint density at radius 3 is 2.23 bits per heavy atom. The van der Waals surface area contributed by atoms with Crippen LogP contribution >= 0.6 is 0 Å². The molecule has 3 aromatic rings. The van der Waals surface area contributed by atoms with E-state index in [1.54, 1.807) is 18.3 Å². The van der Waals surface area contributed by atoms with Gasteiger partial charge >= 0.3 is 0 Å². The van der Waals surface area contributed by atoms with Crippen LogP contribution in [0.15, 0.2) is 48.7 Å². The maximum Gasteiger partial charge on any atom is 0.255 e. The molecule has 2 aliphatic heterocycles. The van der Waals surface area contributed by atoms with Gasteiger partial charge in [0.2, 0.25) is 0 Å². The summed E-state index contributed by atoms with van der Waals surface area (Å²) in [6.45, 7) is 10.5. The molecule has 0 aliphatic carbocycles. The first-order valence-corrected chi connectivity index (χ1v) is 13.3. The van der Waals surface area contributed by atoms with Crippen LogP contribution in [0.4, 0.5) is 11.5 Å². The largest absolute Gasteiger partial charge is 0.368 e. The first-order chi connectivity index (χ1) is 19.0. The number of carbonyl (C=O) groups is 1. The molecule has 1 amide bonds. The molecule has 0 unspecified atom stereocenters. The quantitative estimate of drug-likeness (QED) is 0.506. The summed E-state index contributed by atoms with van der Waals surface area (Å²) in [7, 11) is 0. The maximum atomic E-state index is 13.6. The molecule has 4 heterocycles.